The van der Waals surface area contributed by atoms with E-state index in [0.29, 0.717) is 5.92 Å². The van der Waals surface area contributed by atoms with E-state index < -0.39 is 0 Å². The van der Waals surface area contributed by atoms with Crippen molar-refractivity contribution in [3.05, 3.63) is 149 Å². The molecule has 69 heavy (non-hydrogen) atoms. The van der Waals surface area contributed by atoms with E-state index in [0.717, 1.165) is 6.42 Å². The Morgan fingerprint density at radius 3 is 1.43 bits per heavy atom. The molecule has 0 spiro atoms. The molecular formula is C65H80BN3. The molecule has 6 aromatic rings. The molecule has 3 heterocycles. The molecule has 0 bridgehead atoms. The van der Waals surface area contributed by atoms with Crippen molar-refractivity contribution in [1.29, 1.82) is 0 Å². The van der Waals surface area contributed by atoms with Gasteiger partial charge in [0.15, 0.2) is 0 Å². The maximum atomic E-state index is 2.81. The standard InChI is InChI=1S/C65H80BN3/c1-41-35-56-58-57(36-41)68(48-27-21-43(22-28-48)60(5,6)7)55-39-49(69-53-31-23-44(61(8,9)10)37-50(53)64(17)40-46(63(14,15)16)33-34-65(64,69)18)29-30-51(55)66(58)52-38-45(62(11,12)13)24-32-54(52)67(56)47-25-19-42(20-26-47)59(2,3)4/h19-32,35-39,46H,33-34,40H2,1-18H3. The van der Waals surface area contributed by atoms with Gasteiger partial charge in [0.25, 0.3) is 6.71 Å². The minimum atomic E-state index is -0.112. The normalized spacial score (nSPS) is 21.2. The highest BCUT2D eigenvalue weighted by molar-refractivity contribution is 7.00. The lowest BCUT2D eigenvalue weighted by Gasteiger charge is -2.54. The highest BCUT2D eigenvalue weighted by Gasteiger charge is 2.60. The zero-order valence-corrected chi connectivity index (χ0v) is 45.6. The average Bonchev–Trinajstić information content (AvgIpc) is 3.46. The van der Waals surface area contributed by atoms with Gasteiger partial charge in [-0.15, -0.1) is 0 Å². The van der Waals surface area contributed by atoms with Gasteiger partial charge in [0.2, 0.25) is 0 Å². The first-order valence-corrected chi connectivity index (χ1v) is 26.2. The van der Waals surface area contributed by atoms with E-state index in [4.69, 9.17) is 0 Å². The second-order valence-corrected chi connectivity index (χ2v) is 27.4. The molecule has 0 amide bonds. The van der Waals surface area contributed by atoms with E-state index in [9.17, 15) is 0 Å². The molecule has 4 aliphatic rings. The SMILES string of the molecule is Cc1cc2c3c(c1)N(c1ccc(C(C)(C)C)cc1)c1cc(N4c5ccc(C(C)(C)C)cc5C5(C)CC(C(C)(C)C)CCC45C)ccc1B3c1cc(C(C)(C)C)ccc1N2c1ccc(C(C)(C)C)cc1. The highest BCUT2D eigenvalue weighted by atomic mass is 15.3. The molecule has 3 unspecified atom stereocenters. The van der Waals surface area contributed by atoms with E-state index in [1.165, 1.54) is 108 Å². The summed E-state index contributed by atoms with van der Waals surface area (Å²) in [5, 5.41) is 0. The molecule has 358 valence electrons. The number of aryl methyl sites for hydroxylation is 1. The van der Waals surface area contributed by atoms with E-state index in [1.54, 1.807) is 0 Å². The number of anilines is 8. The van der Waals surface area contributed by atoms with Crippen molar-refractivity contribution in [3.8, 4) is 0 Å². The Labute approximate surface area is 417 Å². The van der Waals surface area contributed by atoms with Crippen LogP contribution in [-0.2, 0) is 27.1 Å². The van der Waals surface area contributed by atoms with Crippen LogP contribution >= 0.6 is 0 Å². The Hall–Kier alpha value is -5.22. The van der Waals surface area contributed by atoms with Gasteiger partial charge in [0.1, 0.15) is 0 Å². The van der Waals surface area contributed by atoms with Crippen LogP contribution < -0.4 is 31.1 Å². The molecular weight excluding hydrogens is 834 g/mol. The third kappa shape index (κ3) is 7.51. The lowest BCUT2D eigenvalue weighted by atomic mass is 9.33. The van der Waals surface area contributed by atoms with Crippen LogP contribution in [0.15, 0.2) is 115 Å². The summed E-state index contributed by atoms with van der Waals surface area (Å²) in [7, 11) is 0. The van der Waals surface area contributed by atoms with Gasteiger partial charge >= 0.3 is 0 Å². The third-order valence-electron chi connectivity index (χ3n) is 17.5. The summed E-state index contributed by atoms with van der Waals surface area (Å²) in [6, 6.07) is 46.3. The molecule has 3 nitrogen and oxygen atoms in total. The maximum Gasteiger partial charge on any atom is 0.252 e. The largest absolute Gasteiger partial charge is 0.334 e. The minimum absolute atomic E-state index is 0.0170. The van der Waals surface area contributed by atoms with E-state index in [-0.39, 0.29) is 44.7 Å². The molecule has 4 heteroatoms. The van der Waals surface area contributed by atoms with Crippen molar-refractivity contribution in [2.75, 3.05) is 14.7 Å². The van der Waals surface area contributed by atoms with Gasteiger partial charge in [-0.2, -0.15) is 0 Å². The highest BCUT2D eigenvalue weighted by Crippen LogP contribution is 2.64. The molecule has 0 saturated heterocycles. The van der Waals surface area contributed by atoms with E-state index >= 15 is 0 Å². The molecule has 3 atom stereocenters. The van der Waals surface area contributed by atoms with Gasteiger partial charge in [-0.1, -0.05) is 165 Å². The van der Waals surface area contributed by atoms with Crippen LogP contribution in [0.4, 0.5) is 45.5 Å². The van der Waals surface area contributed by atoms with Gasteiger partial charge in [-0.05, 0) is 177 Å². The quantitative estimate of drug-likeness (QED) is 0.164. The molecule has 0 N–H and O–H groups in total. The Kier molecular flexibility index (Phi) is 10.6. The predicted molar refractivity (Wildman–Crippen MR) is 301 cm³/mol. The summed E-state index contributed by atoms with van der Waals surface area (Å²) in [6.45, 7) is 43.0. The van der Waals surface area contributed by atoms with Crippen molar-refractivity contribution < 1.29 is 0 Å². The Bertz CT molecular complexity index is 3000. The minimum Gasteiger partial charge on any atom is -0.334 e. The Balaban J connectivity index is 1.24. The van der Waals surface area contributed by atoms with Crippen molar-refractivity contribution >= 4 is 68.6 Å². The number of fused-ring (bicyclic) bond motifs is 7. The lowest BCUT2D eigenvalue weighted by Crippen LogP contribution is -2.61. The van der Waals surface area contributed by atoms with Gasteiger partial charge in [-0.25, -0.2) is 0 Å². The zero-order valence-electron chi connectivity index (χ0n) is 45.6. The molecule has 6 aromatic carbocycles. The number of nitrogens with zero attached hydrogens (tertiary/aromatic N) is 3. The van der Waals surface area contributed by atoms with Crippen molar-refractivity contribution in [2.24, 2.45) is 11.3 Å². The lowest BCUT2D eigenvalue weighted by molar-refractivity contribution is 0.0786. The summed E-state index contributed by atoms with van der Waals surface area (Å²) in [6.07, 6.45) is 3.55. The van der Waals surface area contributed by atoms with Crippen molar-refractivity contribution in [1.82, 2.24) is 0 Å². The molecule has 1 saturated carbocycles. The molecule has 3 aliphatic heterocycles. The average molecular weight is 914 g/mol. The first-order valence-electron chi connectivity index (χ1n) is 26.2. The second kappa shape index (κ2) is 15.4. The van der Waals surface area contributed by atoms with Crippen molar-refractivity contribution in [3.63, 3.8) is 0 Å². The number of hydrogen-bond acceptors (Lipinski definition) is 3. The molecule has 1 aliphatic carbocycles. The number of rotatable bonds is 3. The summed E-state index contributed by atoms with van der Waals surface area (Å²) in [5.41, 5.74) is 22.7. The monoisotopic (exact) mass is 914 g/mol. The summed E-state index contributed by atoms with van der Waals surface area (Å²) >= 11 is 0. The Morgan fingerprint density at radius 1 is 0.464 bits per heavy atom. The molecule has 0 radical (unpaired) electrons. The summed E-state index contributed by atoms with van der Waals surface area (Å²) in [4.78, 5) is 8.01. The van der Waals surface area contributed by atoms with Crippen LogP contribution in [0.25, 0.3) is 0 Å². The fourth-order valence-corrected chi connectivity index (χ4v) is 12.9. The summed E-state index contributed by atoms with van der Waals surface area (Å²) in [5.74, 6) is 0.644. The molecule has 10 rings (SSSR count). The van der Waals surface area contributed by atoms with Crippen LogP contribution in [-0.4, -0.2) is 12.3 Å². The van der Waals surface area contributed by atoms with Crippen LogP contribution in [0.1, 0.15) is 170 Å². The smallest absolute Gasteiger partial charge is 0.252 e. The third-order valence-corrected chi connectivity index (χ3v) is 17.5. The van der Waals surface area contributed by atoms with Gasteiger partial charge in [-0.3, -0.25) is 0 Å². The second-order valence-electron chi connectivity index (χ2n) is 27.4. The maximum absolute atomic E-state index is 2.81. The van der Waals surface area contributed by atoms with Crippen LogP contribution in [0.5, 0.6) is 0 Å². The molecule has 0 aromatic heterocycles. The predicted octanol–water partition coefficient (Wildman–Crippen LogP) is 16.3. The van der Waals surface area contributed by atoms with Gasteiger partial charge < -0.3 is 14.7 Å². The van der Waals surface area contributed by atoms with Gasteiger partial charge in [0, 0.05) is 50.9 Å². The van der Waals surface area contributed by atoms with Crippen LogP contribution in [0.3, 0.4) is 0 Å². The number of hydrogen-bond donors (Lipinski definition) is 0. The van der Waals surface area contributed by atoms with Gasteiger partial charge in [0.05, 0.1) is 5.54 Å². The van der Waals surface area contributed by atoms with Crippen LogP contribution in [0.2, 0.25) is 0 Å². The number of benzene rings is 6. The fraction of sp³-hybridized carbons (Fsp3) is 0.446. The topological polar surface area (TPSA) is 9.72 Å². The Morgan fingerprint density at radius 2 is 0.928 bits per heavy atom. The summed E-state index contributed by atoms with van der Waals surface area (Å²) < 4.78 is 0. The van der Waals surface area contributed by atoms with E-state index in [1.807, 2.05) is 0 Å². The van der Waals surface area contributed by atoms with E-state index in [2.05, 4.69) is 255 Å². The van der Waals surface area contributed by atoms with Crippen LogP contribution in [0, 0.1) is 18.3 Å². The fourth-order valence-electron chi connectivity index (χ4n) is 12.9. The first kappa shape index (κ1) is 47.5. The molecule has 1 fully saturated rings. The first-order chi connectivity index (χ1) is 32.0. The zero-order chi connectivity index (χ0) is 49.8. The van der Waals surface area contributed by atoms with Crippen molar-refractivity contribution in [2.45, 2.75) is 177 Å².